The molecule has 0 spiro atoms. The molecule has 6 rings (SSSR count). The van der Waals surface area contributed by atoms with Crippen molar-refractivity contribution >= 4 is 35.0 Å². The van der Waals surface area contributed by atoms with E-state index < -0.39 is 0 Å². The maximum absolute atomic E-state index is 13.6. The third-order valence-corrected chi connectivity index (χ3v) is 7.62. The van der Waals surface area contributed by atoms with Crippen molar-refractivity contribution in [3.05, 3.63) is 187 Å². The fraction of sp³-hybridized carbons (Fsp3) is 0. The van der Waals surface area contributed by atoms with Crippen LogP contribution < -0.4 is 4.90 Å². The van der Waals surface area contributed by atoms with Gasteiger partial charge in [-0.2, -0.15) is 0 Å². The highest BCUT2D eigenvalue weighted by molar-refractivity contribution is 6.13. The summed E-state index contributed by atoms with van der Waals surface area (Å²) in [5, 5.41) is 0. The van der Waals surface area contributed by atoms with Crippen LogP contribution >= 0.6 is 0 Å². The van der Waals surface area contributed by atoms with Crippen molar-refractivity contribution in [2.45, 2.75) is 0 Å². The first-order chi connectivity index (χ1) is 21.2. The van der Waals surface area contributed by atoms with Crippen molar-refractivity contribution < 1.29 is 4.79 Å². The first-order valence-electron chi connectivity index (χ1n) is 14.3. The van der Waals surface area contributed by atoms with Crippen LogP contribution in [0.2, 0.25) is 0 Å². The Bertz CT molecular complexity index is 1900. The number of para-hydroxylation sites is 1. The van der Waals surface area contributed by atoms with Gasteiger partial charge in [0.2, 0.25) is 0 Å². The quantitative estimate of drug-likeness (QED) is 0.166. The third-order valence-electron chi connectivity index (χ3n) is 7.62. The second-order valence-corrected chi connectivity index (χ2v) is 10.2. The van der Waals surface area contributed by atoms with Crippen molar-refractivity contribution in [2.24, 2.45) is 0 Å². The SMILES string of the molecule is C=Cc1ccccc1-c1cccc(N(c2ccccc2)c2ccc(-c3c(C=C)cccc3C(=O)c3ccccc3)cc2)c1. The molecule has 43 heavy (non-hydrogen) atoms. The van der Waals surface area contributed by atoms with Gasteiger partial charge >= 0.3 is 0 Å². The zero-order valence-electron chi connectivity index (χ0n) is 23.9. The lowest BCUT2D eigenvalue weighted by atomic mass is 9.90. The molecule has 0 unspecified atom stereocenters. The van der Waals surface area contributed by atoms with E-state index in [2.05, 4.69) is 109 Å². The van der Waals surface area contributed by atoms with E-state index >= 15 is 0 Å². The Morgan fingerprint density at radius 2 is 1.09 bits per heavy atom. The Hall–Kier alpha value is -5.73. The van der Waals surface area contributed by atoms with E-state index in [4.69, 9.17) is 0 Å². The molecule has 0 aliphatic heterocycles. The topological polar surface area (TPSA) is 20.3 Å². The maximum Gasteiger partial charge on any atom is 0.193 e. The highest BCUT2D eigenvalue weighted by atomic mass is 16.1. The van der Waals surface area contributed by atoms with Crippen LogP contribution in [-0.2, 0) is 0 Å². The molecule has 0 radical (unpaired) electrons. The van der Waals surface area contributed by atoms with E-state index in [0.29, 0.717) is 11.1 Å². The van der Waals surface area contributed by atoms with Gasteiger partial charge < -0.3 is 4.90 Å². The van der Waals surface area contributed by atoms with Gasteiger partial charge in [-0.15, -0.1) is 0 Å². The van der Waals surface area contributed by atoms with Crippen LogP contribution in [-0.4, -0.2) is 5.78 Å². The fourth-order valence-corrected chi connectivity index (χ4v) is 5.55. The Morgan fingerprint density at radius 3 is 1.81 bits per heavy atom. The van der Waals surface area contributed by atoms with Crippen LogP contribution in [0.5, 0.6) is 0 Å². The van der Waals surface area contributed by atoms with E-state index in [9.17, 15) is 4.79 Å². The number of carbonyl (C=O) groups is 1. The van der Waals surface area contributed by atoms with Crippen molar-refractivity contribution in [1.29, 1.82) is 0 Å². The molecule has 206 valence electrons. The van der Waals surface area contributed by atoms with Gasteiger partial charge in [0, 0.05) is 33.8 Å². The van der Waals surface area contributed by atoms with E-state index in [0.717, 1.165) is 50.4 Å². The van der Waals surface area contributed by atoms with Gasteiger partial charge in [-0.25, -0.2) is 0 Å². The molecule has 6 aromatic rings. The summed E-state index contributed by atoms with van der Waals surface area (Å²) < 4.78 is 0. The summed E-state index contributed by atoms with van der Waals surface area (Å²) in [6.07, 6.45) is 3.71. The van der Waals surface area contributed by atoms with Gasteiger partial charge in [-0.05, 0) is 64.2 Å². The molecule has 0 amide bonds. The number of hydrogen-bond acceptors (Lipinski definition) is 2. The monoisotopic (exact) mass is 553 g/mol. The molecule has 0 atom stereocenters. The van der Waals surface area contributed by atoms with Gasteiger partial charge in [-0.3, -0.25) is 4.79 Å². The predicted octanol–water partition coefficient (Wildman–Crippen LogP) is 11.0. The second-order valence-electron chi connectivity index (χ2n) is 10.2. The highest BCUT2D eigenvalue weighted by Crippen LogP contribution is 2.39. The number of ketones is 1. The minimum atomic E-state index is -0.00842. The van der Waals surface area contributed by atoms with Gasteiger partial charge in [-0.1, -0.05) is 141 Å². The van der Waals surface area contributed by atoms with E-state index in [1.54, 1.807) is 0 Å². The minimum absolute atomic E-state index is 0.00842. The molecule has 0 N–H and O–H groups in total. The standard InChI is InChI=1S/C41H31NO/c1-3-30-15-11-12-23-38(30)34-19-13-22-37(29-34)42(35-20-9-6-10-21-35)36-27-25-32(26-28-36)40-31(4-2)18-14-24-39(40)41(43)33-16-7-5-8-17-33/h3-29H,1-2H2. The summed E-state index contributed by atoms with van der Waals surface area (Å²) in [6.45, 7) is 8.05. The maximum atomic E-state index is 13.6. The lowest BCUT2D eigenvalue weighted by Crippen LogP contribution is -2.10. The van der Waals surface area contributed by atoms with Gasteiger partial charge in [0.25, 0.3) is 0 Å². The van der Waals surface area contributed by atoms with E-state index in [1.807, 2.05) is 72.8 Å². The van der Waals surface area contributed by atoms with E-state index in [-0.39, 0.29) is 5.78 Å². The summed E-state index contributed by atoms with van der Waals surface area (Å²) in [5.74, 6) is -0.00842. The molecule has 2 heteroatoms. The first-order valence-corrected chi connectivity index (χ1v) is 14.3. The Balaban J connectivity index is 1.44. The first kappa shape index (κ1) is 27.4. The van der Waals surface area contributed by atoms with Crippen LogP contribution in [0.4, 0.5) is 17.1 Å². The smallest absolute Gasteiger partial charge is 0.193 e. The van der Waals surface area contributed by atoms with E-state index in [1.165, 1.54) is 0 Å². The van der Waals surface area contributed by atoms with Crippen molar-refractivity contribution in [1.82, 2.24) is 0 Å². The van der Waals surface area contributed by atoms with Crippen LogP contribution in [0.3, 0.4) is 0 Å². The summed E-state index contributed by atoms with van der Waals surface area (Å²) in [4.78, 5) is 15.8. The number of nitrogens with zero attached hydrogens (tertiary/aromatic N) is 1. The molecule has 0 heterocycles. The number of carbonyl (C=O) groups excluding carboxylic acids is 1. The Labute approximate surface area is 253 Å². The average Bonchev–Trinajstić information content (AvgIpc) is 3.09. The predicted molar refractivity (Wildman–Crippen MR) is 182 cm³/mol. The molecule has 0 saturated carbocycles. The fourth-order valence-electron chi connectivity index (χ4n) is 5.55. The van der Waals surface area contributed by atoms with Gasteiger partial charge in [0.1, 0.15) is 0 Å². The second kappa shape index (κ2) is 12.4. The largest absolute Gasteiger partial charge is 0.310 e. The van der Waals surface area contributed by atoms with Gasteiger partial charge in [0.05, 0.1) is 0 Å². The highest BCUT2D eigenvalue weighted by Gasteiger charge is 2.19. The van der Waals surface area contributed by atoms with Crippen LogP contribution in [0, 0.1) is 0 Å². The molecule has 0 aromatic heterocycles. The molecule has 0 aliphatic rings. The van der Waals surface area contributed by atoms with Crippen molar-refractivity contribution in [3.63, 3.8) is 0 Å². The Kier molecular flexibility index (Phi) is 7.93. The number of rotatable bonds is 9. The zero-order chi connectivity index (χ0) is 29.6. The summed E-state index contributed by atoms with van der Waals surface area (Å²) in [6, 6.07) is 50.9. The molecular weight excluding hydrogens is 522 g/mol. The molecule has 6 aromatic carbocycles. The molecule has 0 bridgehead atoms. The van der Waals surface area contributed by atoms with Crippen LogP contribution in [0.15, 0.2) is 165 Å². The average molecular weight is 554 g/mol. The molecule has 0 fully saturated rings. The minimum Gasteiger partial charge on any atom is -0.310 e. The van der Waals surface area contributed by atoms with Gasteiger partial charge in [0.15, 0.2) is 5.78 Å². The number of hydrogen-bond donors (Lipinski definition) is 0. The molecule has 0 aliphatic carbocycles. The summed E-state index contributed by atoms with van der Waals surface area (Å²) >= 11 is 0. The molecule has 2 nitrogen and oxygen atoms in total. The lowest BCUT2D eigenvalue weighted by Gasteiger charge is -2.26. The summed E-state index contributed by atoms with van der Waals surface area (Å²) in [5.41, 5.74) is 10.5. The molecular formula is C41H31NO. The third kappa shape index (κ3) is 5.59. The normalized spacial score (nSPS) is 10.6. The Morgan fingerprint density at radius 1 is 0.512 bits per heavy atom. The van der Waals surface area contributed by atoms with Crippen LogP contribution in [0.25, 0.3) is 34.4 Å². The van der Waals surface area contributed by atoms with Crippen molar-refractivity contribution in [3.8, 4) is 22.3 Å². The van der Waals surface area contributed by atoms with Crippen LogP contribution in [0.1, 0.15) is 27.0 Å². The van der Waals surface area contributed by atoms with Crippen molar-refractivity contribution in [2.75, 3.05) is 4.90 Å². The summed E-state index contributed by atoms with van der Waals surface area (Å²) in [7, 11) is 0. The lowest BCUT2D eigenvalue weighted by molar-refractivity contribution is 0.103. The number of anilines is 3. The zero-order valence-corrected chi connectivity index (χ0v) is 23.9. The molecule has 0 saturated heterocycles. The number of benzene rings is 6.